The third-order valence-corrected chi connectivity index (χ3v) is 3.56. The van der Waals surface area contributed by atoms with Crippen LogP contribution in [0.1, 0.15) is 30.9 Å². The van der Waals surface area contributed by atoms with E-state index in [2.05, 4.69) is 31.0 Å². The Hall–Kier alpha value is -1.33. The molecule has 84 valence electrons. The third kappa shape index (κ3) is 2.43. The van der Waals surface area contributed by atoms with Crippen molar-refractivity contribution < 1.29 is 0 Å². The van der Waals surface area contributed by atoms with Crippen molar-refractivity contribution >= 4 is 0 Å². The molecular weight excluding hydrogens is 196 g/mol. The molecule has 16 heavy (non-hydrogen) atoms. The van der Waals surface area contributed by atoms with Gasteiger partial charge in [-0.2, -0.15) is 5.26 Å². The molecule has 0 spiro atoms. The van der Waals surface area contributed by atoms with Gasteiger partial charge in [0.2, 0.25) is 0 Å². The number of hydrogen-bond acceptors (Lipinski definition) is 2. The molecule has 1 aromatic carbocycles. The maximum absolute atomic E-state index is 9.02. The van der Waals surface area contributed by atoms with Crippen molar-refractivity contribution in [3.05, 3.63) is 35.4 Å². The Kier molecular flexibility index (Phi) is 3.26. The molecule has 2 heteroatoms. The van der Waals surface area contributed by atoms with Crippen LogP contribution in [0.2, 0.25) is 0 Å². The fourth-order valence-electron chi connectivity index (χ4n) is 2.12. The smallest absolute Gasteiger partial charge is 0.0995 e. The Labute approximate surface area is 97.5 Å². The summed E-state index contributed by atoms with van der Waals surface area (Å²) in [6, 6.07) is 10.8. The molecular formula is C14H18N2. The van der Waals surface area contributed by atoms with Gasteiger partial charge in [0.05, 0.1) is 11.6 Å². The number of benzene rings is 1. The van der Waals surface area contributed by atoms with Gasteiger partial charge in [-0.25, -0.2) is 0 Å². The van der Waals surface area contributed by atoms with Crippen LogP contribution < -0.4 is 0 Å². The highest BCUT2D eigenvalue weighted by Crippen LogP contribution is 2.35. The predicted octanol–water partition coefficient (Wildman–Crippen LogP) is 2.79. The molecule has 0 amide bonds. The normalized spacial score (nSPS) is 17.1. The summed E-state index contributed by atoms with van der Waals surface area (Å²) in [5.41, 5.74) is 1.94. The maximum Gasteiger partial charge on any atom is 0.0995 e. The van der Waals surface area contributed by atoms with Gasteiger partial charge in [0.1, 0.15) is 0 Å². The van der Waals surface area contributed by atoms with Gasteiger partial charge in [-0.05, 0) is 44.4 Å². The minimum absolute atomic E-state index is 0.631. The average molecular weight is 214 g/mol. The first-order valence-electron chi connectivity index (χ1n) is 5.90. The van der Waals surface area contributed by atoms with Gasteiger partial charge < -0.3 is 0 Å². The lowest BCUT2D eigenvalue weighted by molar-refractivity contribution is 0.226. The molecule has 0 N–H and O–H groups in total. The van der Waals surface area contributed by atoms with E-state index in [0.717, 1.165) is 23.6 Å². The van der Waals surface area contributed by atoms with E-state index in [0.29, 0.717) is 6.04 Å². The molecule has 0 radical (unpaired) electrons. The molecule has 0 aliphatic heterocycles. The lowest BCUT2D eigenvalue weighted by atomic mass is 10.1. The summed E-state index contributed by atoms with van der Waals surface area (Å²) in [5.74, 6) is 0.874. The summed E-state index contributed by atoms with van der Waals surface area (Å²) in [4.78, 5) is 2.36. The van der Waals surface area contributed by atoms with E-state index in [1.54, 1.807) is 0 Å². The average Bonchev–Trinajstić information content (AvgIpc) is 3.12. The van der Waals surface area contributed by atoms with Crippen LogP contribution in [0.15, 0.2) is 24.3 Å². The highest BCUT2D eigenvalue weighted by atomic mass is 15.1. The Bertz CT molecular complexity index is 401. The van der Waals surface area contributed by atoms with E-state index in [4.69, 9.17) is 5.26 Å². The largest absolute Gasteiger partial charge is 0.299 e. The summed E-state index contributed by atoms with van der Waals surface area (Å²) in [5, 5.41) is 9.02. The van der Waals surface area contributed by atoms with Crippen LogP contribution in [0.25, 0.3) is 0 Å². The molecule has 1 aliphatic carbocycles. The van der Waals surface area contributed by atoms with Crippen molar-refractivity contribution in [3.8, 4) is 6.07 Å². The zero-order valence-corrected chi connectivity index (χ0v) is 9.98. The van der Waals surface area contributed by atoms with Gasteiger partial charge in [-0.1, -0.05) is 18.2 Å². The molecule has 0 saturated heterocycles. The predicted molar refractivity (Wildman–Crippen MR) is 64.8 cm³/mol. The molecule has 1 fully saturated rings. The zero-order chi connectivity index (χ0) is 11.5. The van der Waals surface area contributed by atoms with Gasteiger partial charge >= 0.3 is 0 Å². The van der Waals surface area contributed by atoms with Crippen LogP contribution >= 0.6 is 0 Å². The van der Waals surface area contributed by atoms with Crippen molar-refractivity contribution in [2.75, 3.05) is 7.05 Å². The zero-order valence-electron chi connectivity index (χ0n) is 9.98. The Balaban J connectivity index is 2.05. The molecule has 0 heterocycles. The van der Waals surface area contributed by atoms with Gasteiger partial charge in [-0.15, -0.1) is 0 Å². The van der Waals surface area contributed by atoms with E-state index in [1.807, 2.05) is 18.2 Å². The van der Waals surface area contributed by atoms with Gasteiger partial charge in [0, 0.05) is 12.6 Å². The SMILES string of the molecule is C[C@@H](C1CC1)N(C)Cc1ccccc1C#N. The minimum atomic E-state index is 0.631. The number of nitrogens with zero attached hydrogens (tertiary/aromatic N) is 2. The maximum atomic E-state index is 9.02. The van der Waals surface area contributed by atoms with Gasteiger partial charge in [0.15, 0.2) is 0 Å². The monoisotopic (exact) mass is 214 g/mol. The second-order valence-corrected chi connectivity index (χ2v) is 4.76. The topological polar surface area (TPSA) is 27.0 Å². The lowest BCUT2D eigenvalue weighted by Gasteiger charge is -2.24. The first kappa shape index (κ1) is 11.2. The van der Waals surface area contributed by atoms with Gasteiger partial charge in [-0.3, -0.25) is 4.90 Å². The number of rotatable bonds is 4. The summed E-state index contributed by atoms with van der Waals surface area (Å²) in [6.07, 6.45) is 2.73. The molecule has 1 atom stereocenters. The fourth-order valence-corrected chi connectivity index (χ4v) is 2.12. The molecule has 0 unspecified atom stereocenters. The summed E-state index contributed by atoms with van der Waals surface area (Å²) < 4.78 is 0. The Morgan fingerprint density at radius 3 is 2.75 bits per heavy atom. The lowest BCUT2D eigenvalue weighted by Crippen LogP contribution is -2.30. The molecule has 1 aromatic rings. The second-order valence-electron chi connectivity index (χ2n) is 4.76. The van der Waals surface area contributed by atoms with Crippen molar-refractivity contribution in [2.45, 2.75) is 32.4 Å². The third-order valence-electron chi connectivity index (χ3n) is 3.56. The van der Waals surface area contributed by atoms with Crippen LogP contribution in [0.5, 0.6) is 0 Å². The van der Waals surface area contributed by atoms with Gasteiger partial charge in [0.25, 0.3) is 0 Å². The molecule has 1 saturated carbocycles. The first-order valence-corrected chi connectivity index (χ1v) is 5.90. The second kappa shape index (κ2) is 4.67. The number of hydrogen-bond donors (Lipinski definition) is 0. The van der Waals surface area contributed by atoms with Crippen molar-refractivity contribution in [2.24, 2.45) is 5.92 Å². The summed E-state index contributed by atoms with van der Waals surface area (Å²) in [7, 11) is 2.15. The van der Waals surface area contributed by atoms with Crippen molar-refractivity contribution in [3.63, 3.8) is 0 Å². The van der Waals surface area contributed by atoms with E-state index in [-0.39, 0.29) is 0 Å². The standard InChI is InChI=1S/C14H18N2/c1-11(12-7-8-12)16(2)10-14-6-4-3-5-13(14)9-15/h3-6,11-12H,7-8,10H2,1-2H3/t11-/m0/s1. The summed E-state index contributed by atoms with van der Waals surface area (Å²) in [6.45, 7) is 3.16. The van der Waals surface area contributed by atoms with Crippen LogP contribution in [0.4, 0.5) is 0 Å². The van der Waals surface area contributed by atoms with E-state index in [1.165, 1.54) is 12.8 Å². The van der Waals surface area contributed by atoms with Crippen molar-refractivity contribution in [1.29, 1.82) is 5.26 Å². The molecule has 0 bridgehead atoms. The number of nitriles is 1. The Morgan fingerprint density at radius 2 is 2.12 bits per heavy atom. The highest BCUT2D eigenvalue weighted by molar-refractivity contribution is 5.37. The Morgan fingerprint density at radius 1 is 1.44 bits per heavy atom. The van der Waals surface area contributed by atoms with Crippen LogP contribution in [0, 0.1) is 17.2 Å². The van der Waals surface area contributed by atoms with Crippen LogP contribution in [-0.2, 0) is 6.54 Å². The molecule has 1 aliphatic rings. The molecule has 2 rings (SSSR count). The van der Waals surface area contributed by atoms with E-state index < -0.39 is 0 Å². The van der Waals surface area contributed by atoms with E-state index >= 15 is 0 Å². The molecule has 2 nitrogen and oxygen atoms in total. The van der Waals surface area contributed by atoms with Crippen molar-refractivity contribution in [1.82, 2.24) is 4.90 Å². The van der Waals surface area contributed by atoms with Crippen LogP contribution in [-0.4, -0.2) is 18.0 Å². The highest BCUT2D eigenvalue weighted by Gasteiger charge is 2.30. The quantitative estimate of drug-likeness (QED) is 0.770. The first-order chi connectivity index (χ1) is 7.72. The molecule has 0 aromatic heterocycles. The van der Waals surface area contributed by atoms with E-state index in [9.17, 15) is 0 Å². The fraction of sp³-hybridized carbons (Fsp3) is 0.500. The minimum Gasteiger partial charge on any atom is -0.299 e. The van der Waals surface area contributed by atoms with Crippen LogP contribution in [0.3, 0.4) is 0 Å². The summed E-state index contributed by atoms with van der Waals surface area (Å²) >= 11 is 0.